The van der Waals surface area contributed by atoms with Crippen LogP contribution in [0, 0.1) is 0 Å². The average molecular weight is 390 g/mol. The maximum atomic E-state index is 13.8. The zero-order valence-corrected chi connectivity index (χ0v) is 15.6. The Morgan fingerprint density at radius 2 is 1.70 bits per heavy atom. The molecule has 142 valence electrons. The summed E-state index contributed by atoms with van der Waals surface area (Å²) in [5.74, 6) is 0. The quantitative estimate of drug-likeness (QED) is 0.652. The van der Waals surface area contributed by atoms with E-state index in [4.69, 9.17) is 0 Å². The predicted molar refractivity (Wildman–Crippen MR) is 104 cm³/mol. The lowest BCUT2D eigenvalue weighted by Crippen LogP contribution is -2.34. The van der Waals surface area contributed by atoms with Crippen molar-refractivity contribution in [2.75, 3.05) is 26.2 Å². The Hall–Kier alpha value is -1.89. The first-order chi connectivity index (χ1) is 13.1. The first-order valence-electron chi connectivity index (χ1n) is 9.13. The number of benzene rings is 2. The molecule has 1 N–H and O–H groups in total. The zero-order chi connectivity index (χ0) is 18.9. The van der Waals surface area contributed by atoms with E-state index >= 15 is 0 Å². The third-order valence-electron chi connectivity index (χ3n) is 5.11. The van der Waals surface area contributed by atoms with Crippen LogP contribution in [0.3, 0.4) is 0 Å². The number of halogens is 3. The number of rotatable bonds is 3. The van der Waals surface area contributed by atoms with Crippen LogP contribution in [0.4, 0.5) is 13.2 Å². The van der Waals surface area contributed by atoms with Gasteiger partial charge < -0.3 is 5.32 Å². The topological polar surface area (TPSA) is 15.3 Å². The lowest BCUT2D eigenvalue weighted by atomic mass is 9.92. The maximum absolute atomic E-state index is 13.8. The van der Waals surface area contributed by atoms with Crippen molar-refractivity contribution in [1.82, 2.24) is 10.2 Å². The Kier molecular flexibility index (Phi) is 5.21. The molecular formula is C21H21F3N2S. The highest BCUT2D eigenvalue weighted by Crippen LogP contribution is 2.42. The minimum Gasteiger partial charge on any atom is -0.315 e. The van der Waals surface area contributed by atoms with Gasteiger partial charge in [-0.2, -0.15) is 13.2 Å². The second-order valence-electron chi connectivity index (χ2n) is 6.81. The summed E-state index contributed by atoms with van der Waals surface area (Å²) in [5, 5.41) is 6.42. The van der Waals surface area contributed by atoms with Gasteiger partial charge >= 0.3 is 6.18 Å². The number of nitrogens with one attached hydrogen (secondary N) is 1. The van der Waals surface area contributed by atoms with Gasteiger partial charge in [-0.3, -0.25) is 4.90 Å². The molecule has 2 nitrogen and oxygen atoms in total. The zero-order valence-electron chi connectivity index (χ0n) is 14.8. The molecular weight excluding hydrogens is 369 g/mol. The number of alkyl halides is 3. The number of hydrogen-bond acceptors (Lipinski definition) is 3. The molecule has 1 fully saturated rings. The molecule has 2 aromatic carbocycles. The fraction of sp³-hybridized carbons (Fsp3) is 0.333. The monoisotopic (exact) mass is 390 g/mol. The van der Waals surface area contributed by atoms with Gasteiger partial charge in [-0.05, 0) is 47.0 Å². The molecule has 1 aliphatic heterocycles. The van der Waals surface area contributed by atoms with E-state index in [2.05, 4.69) is 10.2 Å². The highest BCUT2D eigenvalue weighted by molar-refractivity contribution is 7.17. The molecule has 0 aliphatic carbocycles. The normalized spacial score (nSPS) is 17.7. The van der Waals surface area contributed by atoms with Crippen LogP contribution in [0.1, 0.15) is 29.2 Å². The van der Waals surface area contributed by atoms with Crippen molar-refractivity contribution >= 4 is 21.4 Å². The molecule has 1 aliphatic rings. The lowest BCUT2D eigenvalue weighted by molar-refractivity contribution is -0.138. The third kappa shape index (κ3) is 3.74. The number of thiophene rings is 1. The summed E-state index contributed by atoms with van der Waals surface area (Å²) in [6.45, 7) is 3.18. The van der Waals surface area contributed by atoms with E-state index in [1.807, 2.05) is 29.6 Å². The molecule has 0 amide bonds. The van der Waals surface area contributed by atoms with Gasteiger partial charge in [0.05, 0.1) is 11.6 Å². The average Bonchev–Trinajstić information content (AvgIpc) is 2.89. The molecule has 0 spiro atoms. The van der Waals surface area contributed by atoms with Crippen LogP contribution in [0.2, 0.25) is 0 Å². The van der Waals surface area contributed by atoms with Crippen molar-refractivity contribution < 1.29 is 13.2 Å². The molecule has 1 saturated heterocycles. The molecule has 1 atom stereocenters. The van der Waals surface area contributed by atoms with Gasteiger partial charge in [-0.15, -0.1) is 11.3 Å². The Morgan fingerprint density at radius 1 is 0.926 bits per heavy atom. The van der Waals surface area contributed by atoms with Crippen molar-refractivity contribution in [3.8, 4) is 0 Å². The van der Waals surface area contributed by atoms with E-state index in [0.717, 1.165) is 48.2 Å². The molecule has 2 heterocycles. The second-order valence-corrected chi connectivity index (χ2v) is 7.73. The standard InChI is InChI=1S/C21H21F3N2S/c22-21(23,24)18-8-3-1-7-16(18)20(26-12-5-10-25-11-13-26)17-14-27-19-9-4-2-6-15(17)19/h1-4,6-9,14,20,25H,5,10-13H2. The molecule has 4 rings (SSSR count). The van der Waals surface area contributed by atoms with E-state index in [1.54, 1.807) is 23.5 Å². The Labute approximate surface area is 160 Å². The molecule has 6 heteroatoms. The molecule has 3 aromatic rings. The van der Waals surface area contributed by atoms with Crippen molar-refractivity contribution in [3.63, 3.8) is 0 Å². The first-order valence-corrected chi connectivity index (χ1v) is 10.0. The summed E-state index contributed by atoms with van der Waals surface area (Å²) in [4.78, 5) is 2.19. The van der Waals surface area contributed by atoms with Gasteiger partial charge in [-0.25, -0.2) is 0 Å². The Balaban J connectivity index is 1.90. The van der Waals surface area contributed by atoms with E-state index < -0.39 is 17.8 Å². The number of hydrogen-bond donors (Lipinski definition) is 1. The molecule has 0 bridgehead atoms. The lowest BCUT2D eigenvalue weighted by Gasteiger charge is -2.32. The smallest absolute Gasteiger partial charge is 0.315 e. The van der Waals surface area contributed by atoms with Gasteiger partial charge in [0.25, 0.3) is 0 Å². The highest BCUT2D eigenvalue weighted by atomic mass is 32.1. The minimum absolute atomic E-state index is 0.343. The van der Waals surface area contributed by atoms with Crippen molar-refractivity contribution in [3.05, 3.63) is 70.6 Å². The summed E-state index contributed by atoms with van der Waals surface area (Å²) in [7, 11) is 0. The van der Waals surface area contributed by atoms with E-state index in [1.165, 1.54) is 12.1 Å². The molecule has 1 unspecified atom stereocenters. The van der Waals surface area contributed by atoms with Gasteiger partial charge in [0, 0.05) is 24.3 Å². The molecule has 0 radical (unpaired) electrons. The minimum atomic E-state index is -4.37. The largest absolute Gasteiger partial charge is 0.416 e. The van der Waals surface area contributed by atoms with Crippen LogP contribution in [0.25, 0.3) is 10.1 Å². The number of fused-ring (bicyclic) bond motifs is 1. The van der Waals surface area contributed by atoms with Crippen LogP contribution in [0.15, 0.2) is 53.9 Å². The summed E-state index contributed by atoms with van der Waals surface area (Å²) in [5.41, 5.74) is 0.771. The summed E-state index contributed by atoms with van der Waals surface area (Å²) >= 11 is 1.60. The van der Waals surface area contributed by atoms with Crippen LogP contribution in [-0.2, 0) is 6.18 Å². The fourth-order valence-electron chi connectivity index (χ4n) is 3.89. The van der Waals surface area contributed by atoms with Crippen LogP contribution in [-0.4, -0.2) is 31.1 Å². The molecule has 27 heavy (non-hydrogen) atoms. The van der Waals surface area contributed by atoms with Crippen molar-refractivity contribution in [2.45, 2.75) is 18.6 Å². The van der Waals surface area contributed by atoms with Gasteiger partial charge in [0.15, 0.2) is 0 Å². The van der Waals surface area contributed by atoms with Crippen LogP contribution < -0.4 is 5.32 Å². The van der Waals surface area contributed by atoms with Crippen LogP contribution in [0.5, 0.6) is 0 Å². The predicted octanol–water partition coefficient (Wildman–Crippen LogP) is 5.30. The third-order valence-corrected chi connectivity index (χ3v) is 6.09. The van der Waals surface area contributed by atoms with Gasteiger partial charge in [0.2, 0.25) is 0 Å². The Bertz CT molecular complexity index is 911. The molecule has 1 aromatic heterocycles. The number of nitrogens with zero attached hydrogens (tertiary/aromatic N) is 1. The van der Waals surface area contributed by atoms with Gasteiger partial charge in [0.1, 0.15) is 0 Å². The van der Waals surface area contributed by atoms with E-state index in [-0.39, 0.29) is 0 Å². The first kappa shape index (κ1) is 18.5. The molecule has 0 saturated carbocycles. The fourth-order valence-corrected chi connectivity index (χ4v) is 4.87. The Morgan fingerprint density at radius 3 is 2.56 bits per heavy atom. The summed E-state index contributed by atoms with van der Waals surface area (Å²) in [6.07, 6.45) is -3.45. The van der Waals surface area contributed by atoms with Crippen molar-refractivity contribution in [2.24, 2.45) is 0 Å². The SMILES string of the molecule is FC(F)(F)c1ccccc1C(c1csc2ccccc12)N1CCCNCC1. The highest BCUT2D eigenvalue weighted by Gasteiger charge is 2.37. The van der Waals surface area contributed by atoms with Gasteiger partial charge in [-0.1, -0.05) is 36.4 Å². The van der Waals surface area contributed by atoms with E-state index in [9.17, 15) is 13.2 Å². The van der Waals surface area contributed by atoms with Crippen molar-refractivity contribution in [1.29, 1.82) is 0 Å². The second kappa shape index (κ2) is 7.62. The summed E-state index contributed by atoms with van der Waals surface area (Å²) in [6, 6.07) is 13.6. The maximum Gasteiger partial charge on any atom is 0.416 e. The van der Waals surface area contributed by atoms with Crippen LogP contribution >= 0.6 is 11.3 Å². The van der Waals surface area contributed by atoms with E-state index in [0.29, 0.717) is 5.56 Å². The summed E-state index contributed by atoms with van der Waals surface area (Å²) < 4.78 is 42.5.